The van der Waals surface area contributed by atoms with E-state index in [1.807, 2.05) is 6.07 Å². The Morgan fingerprint density at radius 3 is 2.64 bits per heavy atom. The van der Waals surface area contributed by atoms with Crippen molar-refractivity contribution in [3.05, 3.63) is 34.8 Å². The molecule has 0 amide bonds. The van der Waals surface area contributed by atoms with Crippen LogP contribution in [0.2, 0.25) is 0 Å². The van der Waals surface area contributed by atoms with Crippen LogP contribution >= 0.6 is 11.6 Å². The molecule has 0 aliphatic carbocycles. The molecule has 1 aromatic heterocycles. The highest BCUT2D eigenvalue weighted by molar-refractivity contribution is 6.29. The molecule has 7 heteroatoms. The first kappa shape index (κ1) is 16.5. The fourth-order valence-electron chi connectivity index (χ4n) is 2.34. The Morgan fingerprint density at radius 1 is 1.41 bits per heavy atom. The summed E-state index contributed by atoms with van der Waals surface area (Å²) in [5.41, 5.74) is 14.6. The normalized spacial score (nSPS) is 17.2. The zero-order valence-corrected chi connectivity index (χ0v) is 13.6. The highest BCUT2D eigenvalue weighted by Gasteiger charge is 2.18. The molecule has 1 saturated heterocycles. The first-order valence-corrected chi connectivity index (χ1v) is 7.37. The summed E-state index contributed by atoms with van der Waals surface area (Å²) in [4.78, 5) is 6.55. The number of hydrogen-bond donors (Lipinski definition) is 2. The first-order valence-electron chi connectivity index (χ1n) is 6.99. The molecule has 0 unspecified atom stereocenters. The SMILES string of the molecule is COc1ncc(C(/C=C(\N)Cl)=C(\C)N)cc1N1CCOCC1. The Labute approximate surface area is 135 Å². The van der Waals surface area contributed by atoms with E-state index in [1.54, 1.807) is 26.3 Å². The van der Waals surface area contributed by atoms with E-state index in [2.05, 4.69) is 9.88 Å². The lowest BCUT2D eigenvalue weighted by atomic mass is 10.1. The van der Waals surface area contributed by atoms with E-state index in [1.165, 1.54) is 0 Å². The van der Waals surface area contributed by atoms with E-state index in [4.69, 9.17) is 32.5 Å². The minimum Gasteiger partial charge on any atom is -0.480 e. The molecule has 1 fully saturated rings. The van der Waals surface area contributed by atoms with E-state index < -0.39 is 0 Å². The lowest BCUT2D eigenvalue weighted by Crippen LogP contribution is -2.36. The minimum absolute atomic E-state index is 0.170. The molecule has 0 bridgehead atoms. The van der Waals surface area contributed by atoms with Gasteiger partial charge in [-0.3, -0.25) is 0 Å². The fourth-order valence-corrected chi connectivity index (χ4v) is 2.45. The average Bonchev–Trinajstić information content (AvgIpc) is 2.52. The predicted octanol–water partition coefficient (Wildman–Crippen LogP) is 1.66. The van der Waals surface area contributed by atoms with Gasteiger partial charge in [-0.25, -0.2) is 4.98 Å². The van der Waals surface area contributed by atoms with Crippen molar-refractivity contribution in [2.45, 2.75) is 6.92 Å². The van der Waals surface area contributed by atoms with Crippen molar-refractivity contribution in [2.24, 2.45) is 11.5 Å². The maximum Gasteiger partial charge on any atom is 0.237 e. The van der Waals surface area contributed by atoms with Gasteiger partial charge in [0.25, 0.3) is 0 Å². The quantitative estimate of drug-likeness (QED) is 0.647. The Bertz CT molecular complexity index is 587. The van der Waals surface area contributed by atoms with Gasteiger partial charge in [0.15, 0.2) is 0 Å². The molecule has 0 radical (unpaired) electrons. The van der Waals surface area contributed by atoms with Gasteiger partial charge in [0.2, 0.25) is 5.88 Å². The zero-order chi connectivity index (χ0) is 16.1. The number of allylic oxidation sites excluding steroid dienone is 3. The number of ether oxygens (including phenoxy) is 2. The summed E-state index contributed by atoms with van der Waals surface area (Å²) in [6.45, 7) is 4.73. The molecule has 1 aromatic rings. The predicted molar refractivity (Wildman–Crippen MR) is 88.7 cm³/mol. The van der Waals surface area contributed by atoms with E-state index in [-0.39, 0.29) is 5.16 Å². The molecule has 1 aliphatic heterocycles. The Morgan fingerprint density at radius 2 is 2.09 bits per heavy atom. The molecule has 1 aliphatic rings. The highest BCUT2D eigenvalue weighted by atomic mass is 35.5. The number of morpholine rings is 1. The van der Waals surface area contributed by atoms with Crippen LogP contribution in [0.15, 0.2) is 29.2 Å². The number of anilines is 1. The van der Waals surface area contributed by atoms with E-state index in [9.17, 15) is 0 Å². The van der Waals surface area contributed by atoms with Gasteiger partial charge in [-0.05, 0) is 19.1 Å². The third kappa shape index (κ3) is 3.84. The van der Waals surface area contributed by atoms with Crippen LogP contribution in [0.1, 0.15) is 12.5 Å². The van der Waals surface area contributed by atoms with Crippen LogP contribution in [0.5, 0.6) is 5.88 Å². The Kier molecular flexibility index (Phi) is 5.51. The largest absolute Gasteiger partial charge is 0.480 e. The summed E-state index contributed by atoms with van der Waals surface area (Å²) >= 11 is 5.79. The number of nitrogens with two attached hydrogens (primary N) is 2. The van der Waals surface area contributed by atoms with Crippen molar-refractivity contribution in [2.75, 3.05) is 38.3 Å². The number of nitrogens with zero attached hydrogens (tertiary/aromatic N) is 2. The minimum atomic E-state index is 0.170. The summed E-state index contributed by atoms with van der Waals surface area (Å²) in [6, 6.07) is 1.99. The molecule has 2 heterocycles. The molecular weight excluding hydrogens is 304 g/mol. The van der Waals surface area contributed by atoms with Crippen LogP contribution in [0.3, 0.4) is 0 Å². The third-order valence-corrected chi connectivity index (χ3v) is 3.50. The topological polar surface area (TPSA) is 86.6 Å². The van der Waals surface area contributed by atoms with Crippen molar-refractivity contribution in [1.29, 1.82) is 0 Å². The molecule has 0 aromatic carbocycles. The summed E-state index contributed by atoms with van der Waals surface area (Å²) in [5, 5.41) is 0.170. The third-order valence-electron chi connectivity index (χ3n) is 3.40. The van der Waals surface area contributed by atoms with Crippen LogP contribution in [-0.4, -0.2) is 38.4 Å². The highest BCUT2D eigenvalue weighted by Crippen LogP contribution is 2.31. The van der Waals surface area contributed by atoms with Crippen molar-refractivity contribution in [3.63, 3.8) is 0 Å². The second kappa shape index (κ2) is 7.38. The van der Waals surface area contributed by atoms with Gasteiger partial charge in [-0.2, -0.15) is 0 Å². The molecule has 0 saturated carbocycles. The summed E-state index contributed by atoms with van der Waals surface area (Å²) in [5.74, 6) is 0.572. The molecule has 120 valence electrons. The summed E-state index contributed by atoms with van der Waals surface area (Å²) in [7, 11) is 1.60. The molecule has 0 spiro atoms. The molecule has 4 N–H and O–H groups in total. The standard InChI is InChI=1S/C15H21ClN4O2/c1-10(17)12(8-14(16)18)11-7-13(15(21-2)19-9-11)20-3-5-22-6-4-20/h7-9H,3-6,17-18H2,1-2H3/b12-10+,14-8-. The summed E-state index contributed by atoms with van der Waals surface area (Å²) < 4.78 is 10.8. The van der Waals surface area contributed by atoms with Gasteiger partial charge in [0, 0.05) is 36.1 Å². The van der Waals surface area contributed by atoms with Gasteiger partial charge in [-0.15, -0.1) is 0 Å². The lowest BCUT2D eigenvalue weighted by molar-refractivity contribution is 0.122. The van der Waals surface area contributed by atoms with Crippen molar-refractivity contribution < 1.29 is 9.47 Å². The first-order chi connectivity index (χ1) is 10.5. The molecular formula is C15H21ClN4O2. The second-order valence-corrected chi connectivity index (χ2v) is 5.41. The molecule has 2 rings (SSSR count). The lowest BCUT2D eigenvalue weighted by Gasteiger charge is -2.29. The monoisotopic (exact) mass is 324 g/mol. The number of halogens is 1. The van der Waals surface area contributed by atoms with Crippen LogP contribution in [0.4, 0.5) is 5.69 Å². The van der Waals surface area contributed by atoms with Crippen molar-refractivity contribution >= 4 is 22.9 Å². The van der Waals surface area contributed by atoms with E-state index >= 15 is 0 Å². The van der Waals surface area contributed by atoms with Crippen LogP contribution in [0.25, 0.3) is 5.57 Å². The van der Waals surface area contributed by atoms with Crippen molar-refractivity contribution in [1.82, 2.24) is 4.98 Å². The number of rotatable bonds is 4. The molecule has 22 heavy (non-hydrogen) atoms. The van der Waals surface area contributed by atoms with Gasteiger partial charge < -0.3 is 25.8 Å². The fraction of sp³-hybridized carbons (Fsp3) is 0.400. The van der Waals surface area contributed by atoms with Gasteiger partial charge in [0.1, 0.15) is 5.69 Å². The average molecular weight is 325 g/mol. The zero-order valence-electron chi connectivity index (χ0n) is 12.8. The Balaban J connectivity index is 2.46. The van der Waals surface area contributed by atoms with Gasteiger partial charge >= 0.3 is 0 Å². The van der Waals surface area contributed by atoms with Crippen molar-refractivity contribution in [3.8, 4) is 5.88 Å². The van der Waals surface area contributed by atoms with Gasteiger partial charge in [-0.1, -0.05) is 11.6 Å². The molecule has 6 nitrogen and oxygen atoms in total. The van der Waals surface area contributed by atoms with Crippen LogP contribution in [0, 0.1) is 0 Å². The van der Waals surface area contributed by atoms with E-state index in [0.29, 0.717) is 24.8 Å². The second-order valence-electron chi connectivity index (χ2n) is 4.98. The number of aromatic nitrogens is 1. The molecule has 0 atom stereocenters. The Hall–Kier alpha value is -1.92. The smallest absolute Gasteiger partial charge is 0.237 e. The summed E-state index contributed by atoms with van der Waals surface area (Å²) in [6.07, 6.45) is 3.33. The maximum atomic E-state index is 5.94. The number of methoxy groups -OCH3 is 1. The number of pyridine rings is 1. The number of hydrogen-bond acceptors (Lipinski definition) is 6. The van der Waals surface area contributed by atoms with Crippen LogP contribution in [-0.2, 0) is 4.74 Å². The van der Waals surface area contributed by atoms with E-state index in [0.717, 1.165) is 29.9 Å². The van der Waals surface area contributed by atoms with Gasteiger partial charge in [0.05, 0.1) is 25.5 Å². The van der Waals surface area contributed by atoms with Crippen LogP contribution < -0.4 is 21.1 Å². The maximum absolute atomic E-state index is 5.94.